The summed E-state index contributed by atoms with van der Waals surface area (Å²) in [4.78, 5) is 24.2. The van der Waals surface area contributed by atoms with Crippen LogP contribution in [0.1, 0.15) is 6.42 Å². The van der Waals surface area contributed by atoms with E-state index in [2.05, 4.69) is 5.32 Å². The molecule has 1 aliphatic rings. The van der Waals surface area contributed by atoms with Crippen LogP contribution in [0.2, 0.25) is 0 Å². The van der Waals surface area contributed by atoms with Gasteiger partial charge in [0.15, 0.2) is 9.84 Å². The molecule has 1 aliphatic heterocycles. The maximum atomic E-state index is 11.6. The lowest BCUT2D eigenvalue weighted by atomic mass is 10.2. The normalized spacial score (nSPS) is 16.6. The molecule has 1 saturated heterocycles. The molecule has 3 amide bonds. The van der Waals surface area contributed by atoms with E-state index >= 15 is 0 Å². The van der Waals surface area contributed by atoms with Gasteiger partial charge in [-0.25, -0.2) is 13.2 Å². The maximum Gasteiger partial charge on any atom is 0.328 e. The van der Waals surface area contributed by atoms with Gasteiger partial charge in [0.2, 0.25) is 5.91 Å². The fourth-order valence-electron chi connectivity index (χ4n) is 1.68. The number of nitrogens with one attached hydrogen (secondary N) is 1. The van der Waals surface area contributed by atoms with Crippen molar-refractivity contribution in [3.8, 4) is 0 Å². The molecule has 1 N–H and O–H groups in total. The number of anilines is 1. The lowest BCUT2D eigenvalue weighted by Gasteiger charge is -2.26. The standard InChI is InChI=1S/C11H12N2O4S/c1-18(16,17)9-4-2-8(3-5-9)13-7-6-10(14)12-11(13)15/h2-5H,6-7H2,1H3,(H,12,14,15). The Morgan fingerprint density at radius 2 is 1.78 bits per heavy atom. The number of sulfone groups is 1. The number of imide groups is 1. The highest BCUT2D eigenvalue weighted by Crippen LogP contribution is 2.19. The molecule has 96 valence electrons. The molecular weight excluding hydrogens is 256 g/mol. The van der Waals surface area contributed by atoms with E-state index < -0.39 is 15.9 Å². The molecule has 0 radical (unpaired) electrons. The van der Waals surface area contributed by atoms with Gasteiger partial charge >= 0.3 is 6.03 Å². The largest absolute Gasteiger partial charge is 0.328 e. The number of nitrogens with zero attached hydrogens (tertiary/aromatic N) is 1. The molecular formula is C11H12N2O4S. The van der Waals surface area contributed by atoms with Gasteiger partial charge in [-0.2, -0.15) is 0 Å². The third kappa shape index (κ3) is 2.51. The second-order valence-electron chi connectivity index (χ2n) is 4.02. The quantitative estimate of drug-likeness (QED) is 0.848. The van der Waals surface area contributed by atoms with Crippen molar-refractivity contribution in [1.82, 2.24) is 5.32 Å². The van der Waals surface area contributed by atoms with Gasteiger partial charge in [-0.3, -0.25) is 15.0 Å². The van der Waals surface area contributed by atoms with Gasteiger partial charge in [0, 0.05) is 24.9 Å². The number of urea groups is 1. The van der Waals surface area contributed by atoms with Crippen molar-refractivity contribution in [2.45, 2.75) is 11.3 Å². The summed E-state index contributed by atoms with van der Waals surface area (Å²) in [5.74, 6) is -0.302. The lowest BCUT2D eigenvalue weighted by molar-refractivity contribution is -0.120. The summed E-state index contributed by atoms with van der Waals surface area (Å²) < 4.78 is 22.6. The summed E-state index contributed by atoms with van der Waals surface area (Å²) in [6.45, 7) is 0.295. The molecule has 0 unspecified atom stereocenters. The second kappa shape index (κ2) is 4.41. The monoisotopic (exact) mass is 268 g/mol. The minimum Gasteiger partial charge on any atom is -0.294 e. The molecule has 18 heavy (non-hydrogen) atoms. The first kappa shape index (κ1) is 12.6. The minimum absolute atomic E-state index is 0.194. The number of amides is 3. The first-order valence-electron chi connectivity index (χ1n) is 5.29. The zero-order chi connectivity index (χ0) is 13.3. The second-order valence-corrected chi connectivity index (χ2v) is 6.04. The van der Waals surface area contributed by atoms with Gasteiger partial charge < -0.3 is 0 Å². The molecule has 0 spiro atoms. The van der Waals surface area contributed by atoms with Crippen molar-refractivity contribution in [3.05, 3.63) is 24.3 Å². The summed E-state index contributed by atoms with van der Waals surface area (Å²) in [6.07, 6.45) is 1.36. The van der Waals surface area contributed by atoms with Crippen LogP contribution >= 0.6 is 0 Å². The predicted molar refractivity (Wildman–Crippen MR) is 65.1 cm³/mol. The van der Waals surface area contributed by atoms with Gasteiger partial charge in [-0.1, -0.05) is 0 Å². The van der Waals surface area contributed by atoms with Crippen LogP contribution in [0.4, 0.5) is 10.5 Å². The Kier molecular flexibility index (Phi) is 3.08. The minimum atomic E-state index is -3.25. The number of carbonyl (C=O) groups is 2. The summed E-state index contributed by atoms with van der Waals surface area (Å²) in [6, 6.07) is 5.48. The Hall–Kier alpha value is -1.89. The van der Waals surface area contributed by atoms with Crippen molar-refractivity contribution in [1.29, 1.82) is 0 Å². The Morgan fingerprint density at radius 1 is 1.17 bits per heavy atom. The van der Waals surface area contributed by atoms with Gasteiger partial charge in [0.25, 0.3) is 0 Å². The number of hydrogen-bond acceptors (Lipinski definition) is 4. The van der Waals surface area contributed by atoms with Gasteiger partial charge in [0.1, 0.15) is 0 Å². The highest BCUT2D eigenvalue weighted by atomic mass is 32.2. The van der Waals surface area contributed by atoms with Crippen LogP contribution in [0.5, 0.6) is 0 Å². The Bertz CT molecular complexity index is 592. The molecule has 0 saturated carbocycles. The first-order chi connectivity index (χ1) is 8.38. The van der Waals surface area contributed by atoms with Crippen LogP contribution in [-0.4, -0.2) is 33.2 Å². The van der Waals surface area contributed by atoms with Crippen LogP contribution in [0.15, 0.2) is 29.2 Å². The van der Waals surface area contributed by atoms with Gasteiger partial charge in [0.05, 0.1) is 4.90 Å². The van der Waals surface area contributed by atoms with Gasteiger partial charge in [-0.15, -0.1) is 0 Å². The highest BCUT2D eigenvalue weighted by Gasteiger charge is 2.24. The van der Waals surface area contributed by atoms with Crippen molar-refractivity contribution in [3.63, 3.8) is 0 Å². The van der Waals surface area contributed by atoms with E-state index in [1.165, 1.54) is 17.0 Å². The zero-order valence-electron chi connectivity index (χ0n) is 9.71. The number of hydrogen-bond donors (Lipinski definition) is 1. The average molecular weight is 268 g/mol. The number of rotatable bonds is 2. The van der Waals surface area contributed by atoms with E-state index in [4.69, 9.17) is 0 Å². The Balaban J connectivity index is 2.25. The van der Waals surface area contributed by atoms with Crippen molar-refractivity contribution in [2.75, 3.05) is 17.7 Å². The van der Waals surface area contributed by atoms with E-state index in [9.17, 15) is 18.0 Å². The van der Waals surface area contributed by atoms with Crippen LogP contribution in [-0.2, 0) is 14.6 Å². The summed E-state index contributed by atoms with van der Waals surface area (Å²) in [5, 5.41) is 2.20. The molecule has 1 aromatic carbocycles. The first-order valence-corrected chi connectivity index (χ1v) is 7.18. The van der Waals surface area contributed by atoms with E-state index in [0.717, 1.165) is 6.26 Å². The summed E-state index contributed by atoms with van der Waals surface area (Å²) in [5.41, 5.74) is 0.562. The third-order valence-corrected chi connectivity index (χ3v) is 3.76. The lowest BCUT2D eigenvalue weighted by Crippen LogP contribution is -2.49. The molecule has 0 atom stereocenters. The molecule has 0 bridgehead atoms. The average Bonchev–Trinajstić information content (AvgIpc) is 2.28. The SMILES string of the molecule is CS(=O)(=O)c1ccc(N2CCC(=O)NC2=O)cc1. The van der Waals surface area contributed by atoms with Crippen molar-refractivity contribution >= 4 is 27.5 Å². The molecule has 1 fully saturated rings. The molecule has 0 aromatic heterocycles. The van der Waals surface area contributed by atoms with Crippen LogP contribution < -0.4 is 10.2 Å². The Labute approximate surface area is 105 Å². The van der Waals surface area contributed by atoms with Crippen molar-refractivity contribution in [2.24, 2.45) is 0 Å². The summed E-state index contributed by atoms with van der Waals surface area (Å²) >= 11 is 0. The molecule has 0 aliphatic carbocycles. The zero-order valence-corrected chi connectivity index (χ0v) is 10.5. The van der Waals surface area contributed by atoms with Crippen LogP contribution in [0.3, 0.4) is 0 Å². The fraction of sp³-hybridized carbons (Fsp3) is 0.273. The Morgan fingerprint density at radius 3 is 2.28 bits per heavy atom. The van der Waals surface area contributed by atoms with E-state index in [1.807, 2.05) is 0 Å². The van der Waals surface area contributed by atoms with Gasteiger partial charge in [-0.05, 0) is 24.3 Å². The topological polar surface area (TPSA) is 83.6 Å². The van der Waals surface area contributed by atoms with E-state index in [1.54, 1.807) is 12.1 Å². The van der Waals surface area contributed by atoms with E-state index in [0.29, 0.717) is 12.2 Å². The smallest absolute Gasteiger partial charge is 0.294 e. The molecule has 6 nitrogen and oxygen atoms in total. The maximum absolute atomic E-state index is 11.6. The third-order valence-electron chi connectivity index (χ3n) is 2.63. The van der Waals surface area contributed by atoms with Crippen LogP contribution in [0.25, 0.3) is 0 Å². The molecule has 1 aromatic rings. The number of benzene rings is 1. The fourth-order valence-corrected chi connectivity index (χ4v) is 2.31. The highest BCUT2D eigenvalue weighted by molar-refractivity contribution is 7.90. The van der Waals surface area contributed by atoms with Crippen molar-refractivity contribution < 1.29 is 18.0 Å². The van der Waals surface area contributed by atoms with E-state index in [-0.39, 0.29) is 17.2 Å². The number of carbonyl (C=O) groups excluding carboxylic acids is 2. The predicted octanol–water partition coefficient (Wildman–Crippen LogP) is 0.536. The van der Waals surface area contributed by atoms with Crippen LogP contribution in [0, 0.1) is 0 Å². The molecule has 1 heterocycles. The molecule has 2 rings (SSSR count). The summed E-state index contributed by atoms with van der Waals surface area (Å²) in [7, 11) is -3.25. The molecule has 7 heteroatoms.